The summed E-state index contributed by atoms with van der Waals surface area (Å²) in [7, 11) is 0. The van der Waals surface area contributed by atoms with Crippen LogP contribution < -0.4 is 0 Å². The third kappa shape index (κ3) is 2.97. The topological polar surface area (TPSA) is 25.8 Å². The van der Waals surface area contributed by atoms with Crippen LogP contribution in [0.1, 0.15) is 11.1 Å². The van der Waals surface area contributed by atoms with Crippen LogP contribution in [0.4, 0.5) is 0 Å². The number of halogens is 1. The first-order chi connectivity index (χ1) is 7.75. The van der Waals surface area contributed by atoms with E-state index in [0.717, 1.165) is 10.8 Å². The summed E-state index contributed by atoms with van der Waals surface area (Å²) in [5.74, 6) is 0.903. The minimum absolute atomic E-state index is 0.301. The lowest BCUT2D eigenvalue weighted by Crippen LogP contribution is -1.88. The average Bonchev–Trinajstić information content (AvgIpc) is 2.28. The van der Waals surface area contributed by atoms with Crippen molar-refractivity contribution in [1.82, 2.24) is 9.97 Å². The molecule has 1 heterocycles. The van der Waals surface area contributed by atoms with Gasteiger partial charge in [0, 0.05) is 11.9 Å². The molecule has 82 valence electrons. The van der Waals surface area contributed by atoms with E-state index in [2.05, 4.69) is 35.1 Å². The molecule has 0 radical (unpaired) electrons. The highest BCUT2D eigenvalue weighted by atomic mass is 35.5. The van der Waals surface area contributed by atoms with E-state index in [1.165, 1.54) is 11.1 Å². The minimum Gasteiger partial charge on any atom is -0.226 e. The van der Waals surface area contributed by atoms with Crippen molar-refractivity contribution in [3.63, 3.8) is 0 Å². The summed E-state index contributed by atoms with van der Waals surface area (Å²) < 4.78 is 0. The van der Waals surface area contributed by atoms with Crippen molar-refractivity contribution in [2.45, 2.75) is 17.7 Å². The highest BCUT2D eigenvalue weighted by Crippen LogP contribution is 2.22. The van der Waals surface area contributed by atoms with Gasteiger partial charge in [-0.05, 0) is 35.7 Å². The predicted molar refractivity (Wildman–Crippen MR) is 67.8 cm³/mol. The van der Waals surface area contributed by atoms with Gasteiger partial charge in [0.1, 0.15) is 5.03 Å². The van der Waals surface area contributed by atoms with Crippen LogP contribution >= 0.6 is 23.4 Å². The second-order valence-corrected chi connectivity index (χ2v) is 4.71. The monoisotopic (exact) mass is 250 g/mol. The summed E-state index contributed by atoms with van der Waals surface area (Å²) in [6.07, 6.45) is 1.68. The van der Waals surface area contributed by atoms with E-state index < -0.39 is 0 Å². The largest absolute Gasteiger partial charge is 0.226 e. The van der Waals surface area contributed by atoms with Gasteiger partial charge in [-0.2, -0.15) is 0 Å². The zero-order valence-electron chi connectivity index (χ0n) is 8.85. The highest BCUT2D eigenvalue weighted by molar-refractivity contribution is 7.98. The smallest absolute Gasteiger partial charge is 0.223 e. The molecule has 1 aromatic heterocycles. The average molecular weight is 251 g/mol. The Morgan fingerprint density at radius 1 is 1.25 bits per heavy atom. The minimum atomic E-state index is 0.301. The maximum absolute atomic E-state index is 5.72. The molecule has 0 spiro atoms. The second-order valence-electron chi connectivity index (χ2n) is 3.38. The predicted octanol–water partition coefficient (Wildman–Crippen LogP) is 3.73. The Morgan fingerprint density at radius 3 is 2.81 bits per heavy atom. The van der Waals surface area contributed by atoms with Crippen molar-refractivity contribution in [3.05, 3.63) is 52.9 Å². The maximum atomic E-state index is 5.72. The lowest BCUT2D eigenvalue weighted by atomic mass is 10.1. The van der Waals surface area contributed by atoms with Crippen LogP contribution in [0.3, 0.4) is 0 Å². The van der Waals surface area contributed by atoms with Gasteiger partial charge in [0.15, 0.2) is 0 Å². The number of aromatic nitrogens is 2. The van der Waals surface area contributed by atoms with Crippen LogP contribution in [-0.4, -0.2) is 9.97 Å². The molecule has 0 atom stereocenters. The van der Waals surface area contributed by atoms with Gasteiger partial charge >= 0.3 is 0 Å². The maximum Gasteiger partial charge on any atom is 0.223 e. The summed E-state index contributed by atoms with van der Waals surface area (Å²) >= 11 is 7.39. The van der Waals surface area contributed by atoms with E-state index in [0.29, 0.717) is 5.28 Å². The van der Waals surface area contributed by atoms with Gasteiger partial charge in [-0.1, -0.05) is 24.3 Å². The first-order valence-corrected chi connectivity index (χ1v) is 6.28. The second kappa shape index (κ2) is 5.32. The summed E-state index contributed by atoms with van der Waals surface area (Å²) in [4.78, 5) is 7.99. The Kier molecular flexibility index (Phi) is 3.80. The molecule has 0 amide bonds. The molecule has 1 aromatic carbocycles. The van der Waals surface area contributed by atoms with Crippen LogP contribution in [0.15, 0.2) is 41.6 Å². The Labute approximate surface area is 104 Å². The molecule has 0 saturated carbocycles. The molecule has 0 aliphatic heterocycles. The molecule has 0 aliphatic carbocycles. The third-order valence-electron chi connectivity index (χ3n) is 2.24. The molecular formula is C12H11ClN2S. The van der Waals surface area contributed by atoms with Crippen LogP contribution in [0.2, 0.25) is 5.28 Å². The molecule has 0 aliphatic rings. The fourth-order valence-electron chi connectivity index (χ4n) is 1.32. The quantitative estimate of drug-likeness (QED) is 0.472. The molecule has 16 heavy (non-hydrogen) atoms. The number of hydrogen-bond acceptors (Lipinski definition) is 3. The van der Waals surface area contributed by atoms with Gasteiger partial charge < -0.3 is 0 Å². The molecule has 0 bridgehead atoms. The first-order valence-electron chi connectivity index (χ1n) is 4.91. The van der Waals surface area contributed by atoms with Gasteiger partial charge in [0.05, 0.1) is 0 Å². The number of hydrogen-bond donors (Lipinski definition) is 0. The number of thioether (sulfide) groups is 1. The number of rotatable bonds is 3. The zero-order chi connectivity index (χ0) is 11.4. The Hall–Kier alpha value is -1.06. The van der Waals surface area contributed by atoms with Gasteiger partial charge in [-0.15, -0.1) is 11.8 Å². The fraction of sp³-hybridized carbons (Fsp3) is 0.167. The van der Waals surface area contributed by atoms with Crippen LogP contribution in [-0.2, 0) is 5.75 Å². The molecule has 0 saturated heterocycles. The summed E-state index contributed by atoms with van der Waals surface area (Å²) in [6.45, 7) is 2.11. The summed E-state index contributed by atoms with van der Waals surface area (Å²) in [6, 6.07) is 10.2. The Morgan fingerprint density at radius 2 is 2.06 bits per heavy atom. The molecule has 0 N–H and O–H groups in total. The van der Waals surface area contributed by atoms with Crippen molar-refractivity contribution in [3.8, 4) is 0 Å². The lowest BCUT2D eigenvalue weighted by molar-refractivity contribution is 1.05. The van der Waals surface area contributed by atoms with Gasteiger partial charge in [0.2, 0.25) is 5.28 Å². The molecule has 0 fully saturated rings. The molecule has 2 rings (SSSR count). The van der Waals surface area contributed by atoms with E-state index in [9.17, 15) is 0 Å². The number of nitrogens with zero attached hydrogens (tertiary/aromatic N) is 2. The van der Waals surface area contributed by atoms with Gasteiger partial charge in [0.25, 0.3) is 0 Å². The Bertz CT molecular complexity index is 488. The van der Waals surface area contributed by atoms with Crippen LogP contribution in [0, 0.1) is 6.92 Å². The van der Waals surface area contributed by atoms with E-state index >= 15 is 0 Å². The molecule has 0 unspecified atom stereocenters. The number of aryl methyl sites for hydroxylation is 1. The zero-order valence-corrected chi connectivity index (χ0v) is 10.4. The summed E-state index contributed by atoms with van der Waals surface area (Å²) in [5.41, 5.74) is 2.62. The van der Waals surface area contributed by atoms with E-state index in [1.54, 1.807) is 18.0 Å². The van der Waals surface area contributed by atoms with Crippen molar-refractivity contribution in [2.24, 2.45) is 0 Å². The van der Waals surface area contributed by atoms with E-state index in [1.807, 2.05) is 12.1 Å². The van der Waals surface area contributed by atoms with Crippen molar-refractivity contribution in [1.29, 1.82) is 0 Å². The molecule has 2 nitrogen and oxygen atoms in total. The van der Waals surface area contributed by atoms with Crippen LogP contribution in [0.25, 0.3) is 0 Å². The van der Waals surface area contributed by atoms with E-state index in [-0.39, 0.29) is 0 Å². The summed E-state index contributed by atoms with van der Waals surface area (Å²) in [5, 5.41) is 1.21. The van der Waals surface area contributed by atoms with Crippen molar-refractivity contribution >= 4 is 23.4 Å². The standard InChI is InChI=1S/C12H11ClN2S/c1-9-4-2-3-5-10(9)8-16-11-6-7-14-12(13)15-11/h2-7H,8H2,1H3. The first kappa shape index (κ1) is 11.4. The van der Waals surface area contributed by atoms with Crippen LogP contribution in [0.5, 0.6) is 0 Å². The molecule has 2 aromatic rings. The lowest BCUT2D eigenvalue weighted by Gasteiger charge is -2.04. The highest BCUT2D eigenvalue weighted by Gasteiger charge is 2.01. The van der Waals surface area contributed by atoms with Crippen molar-refractivity contribution in [2.75, 3.05) is 0 Å². The normalized spacial score (nSPS) is 10.4. The third-order valence-corrected chi connectivity index (χ3v) is 3.40. The van der Waals surface area contributed by atoms with Crippen molar-refractivity contribution < 1.29 is 0 Å². The Balaban J connectivity index is 2.05. The number of benzene rings is 1. The molecular weight excluding hydrogens is 240 g/mol. The van der Waals surface area contributed by atoms with Gasteiger partial charge in [-0.3, -0.25) is 0 Å². The molecule has 4 heteroatoms. The fourth-order valence-corrected chi connectivity index (χ4v) is 2.46. The van der Waals surface area contributed by atoms with Gasteiger partial charge in [-0.25, -0.2) is 9.97 Å². The van der Waals surface area contributed by atoms with E-state index in [4.69, 9.17) is 11.6 Å². The SMILES string of the molecule is Cc1ccccc1CSc1ccnc(Cl)n1.